The quantitative estimate of drug-likeness (QED) is 0.674. The normalized spacial score (nSPS) is 10.5. The van der Waals surface area contributed by atoms with Crippen LogP contribution in [0, 0.1) is 13.8 Å². The van der Waals surface area contributed by atoms with Crippen molar-refractivity contribution in [1.82, 2.24) is 15.1 Å². The first-order chi connectivity index (χ1) is 13.9. The monoisotopic (exact) mass is 392 g/mol. The van der Waals surface area contributed by atoms with Crippen molar-refractivity contribution in [3.63, 3.8) is 0 Å². The number of aryl methyl sites for hydroxylation is 3. The van der Waals surface area contributed by atoms with Crippen molar-refractivity contribution in [2.45, 2.75) is 20.5 Å². The van der Waals surface area contributed by atoms with E-state index in [0.717, 1.165) is 16.9 Å². The molecule has 1 heterocycles. The lowest BCUT2D eigenvalue weighted by Crippen LogP contribution is -2.21. The minimum absolute atomic E-state index is 0.165. The Hall–Kier alpha value is -3.61. The van der Waals surface area contributed by atoms with E-state index in [1.165, 1.54) is 17.3 Å². The summed E-state index contributed by atoms with van der Waals surface area (Å²) in [7, 11) is 3.20. The van der Waals surface area contributed by atoms with Gasteiger partial charge in [-0.2, -0.15) is 5.10 Å². The second kappa shape index (κ2) is 8.60. The van der Waals surface area contributed by atoms with E-state index < -0.39 is 0 Å². The third-order valence-electron chi connectivity index (χ3n) is 4.43. The van der Waals surface area contributed by atoms with Crippen LogP contribution in [0.25, 0.3) is 0 Å². The van der Waals surface area contributed by atoms with Gasteiger partial charge in [0.2, 0.25) is 0 Å². The number of carbonyl (C=O) groups excluding carboxylic acids is 2. The molecule has 0 saturated heterocycles. The van der Waals surface area contributed by atoms with E-state index >= 15 is 0 Å². The van der Waals surface area contributed by atoms with Gasteiger partial charge < -0.3 is 15.4 Å². The molecule has 29 heavy (non-hydrogen) atoms. The lowest BCUT2D eigenvalue weighted by molar-refractivity contribution is 0.0958. The summed E-state index contributed by atoms with van der Waals surface area (Å²) in [5.41, 5.74) is 4.11. The van der Waals surface area contributed by atoms with E-state index in [-0.39, 0.29) is 17.5 Å². The number of aromatic nitrogens is 2. The maximum absolute atomic E-state index is 12.7. The molecule has 150 valence electrons. The predicted molar refractivity (Wildman–Crippen MR) is 111 cm³/mol. The van der Waals surface area contributed by atoms with E-state index in [9.17, 15) is 9.59 Å². The number of carbonyl (C=O) groups is 2. The Labute approximate surface area is 169 Å². The third kappa shape index (κ3) is 4.82. The van der Waals surface area contributed by atoms with Gasteiger partial charge in [-0.25, -0.2) is 0 Å². The Balaban J connectivity index is 1.72. The molecule has 0 bridgehead atoms. The second-order valence-electron chi connectivity index (χ2n) is 6.86. The zero-order valence-electron chi connectivity index (χ0n) is 16.9. The van der Waals surface area contributed by atoms with Crippen molar-refractivity contribution in [3.05, 3.63) is 76.6 Å². The highest BCUT2D eigenvalue weighted by Gasteiger charge is 2.17. The van der Waals surface area contributed by atoms with Crippen LogP contribution in [0.4, 0.5) is 5.69 Å². The highest BCUT2D eigenvalue weighted by Crippen LogP contribution is 2.21. The molecule has 0 atom stereocenters. The highest BCUT2D eigenvalue weighted by molar-refractivity contribution is 6.08. The number of hydrogen-bond donors (Lipinski definition) is 2. The fourth-order valence-corrected chi connectivity index (χ4v) is 2.99. The highest BCUT2D eigenvalue weighted by atomic mass is 16.5. The summed E-state index contributed by atoms with van der Waals surface area (Å²) in [6.07, 6.45) is 1.59. The molecule has 0 fully saturated rings. The van der Waals surface area contributed by atoms with Gasteiger partial charge in [-0.1, -0.05) is 29.8 Å². The maximum atomic E-state index is 12.7. The molecule has 2 N–H and O–H groups in total. The van der Waals surface area contributed by atoms with Crippen LogP contribution in [-0.2, 0) is 13.7 Å². The smallest absolute Gasteiger partial charge is 0.273 e. The first kappa shape index (κ1) is 20.1. The van der Waals surface area contributed by atoms with Crippen LogP contribution in [-0.4, -0.2) is 28.6 Å². The topological polar surface area (TPSA) is 85.3 Å². The number of amides is 2. The largest absolute Gasteiger partial charge is 0.489 e. The van der Waals surface area contributed by atoms with Gasteiger partial charge in [-0.05, 0) is 43.2 Å². The molecule has 0 aliphatic carbocycles. The molecule has 7 nitrogen and oxygen atoms in total. The van der Waals surface area contributed by atoms with Crippen LogP contribution in [0.15, 0.2) is 48.7 Å². The lowest BCUT2D eigenvalue weighted by Gasteiger charge is -2.11. The van der Waals surface area contributed by atoms with Crippen LogP contribution in [0.3, 0.4) is 0 Å². The van der Waals surface area contributed by atoms with Gasteiger partial charge in [0, 0.05) is 25.9 Å². The van der Waals surface area contributed by atoms with Gasteiger partial charge in [-0.3, -0.25) is 14.3 Å². The minimum Gasteiger partial charge on any atom is -0.489 e. The van der Waals surface area contributed by atoms with Crippen molar-refractivity contribution >= 4 is 17.5 Å². The molecule has 0 radical (unpaired) electrons. The Morgan fingerprint density at radius 2 is 1.90 bits per heavy atom. The average Bonchev–Trinajstić information content (AvgIpc) is 3.07. The van der Waals surface area contributed by atoms with Crippen LogP contribution in [0.1, 0.15) is 37.5 Å². The Morgan fingerprint density at radius 3 is 2.62 bits per heavy atom. The second-order valence-corrected chi connectivity index (χ2v) is 6.86. The van der Waals surface area contributed by atoms with Gasteiger partial charge in [0.15, 0.2) is 5.69 Å². The van der Waals surface area contributed by atoms with Crippen LogP contribution < -0.4 is 15.4 Å². The predicted octanol–water partition coefficient (Wildman–Crippen LogP) is 3.23. The first-order valence-corrected chi connectivity index (χ1v) is 9.23. The van der Waals surface area contributed by atoms with E-state index in [1.54, 1.807) is 31.4 Å². The summed E-state index contributed by atoms with van der Waals surface area (Å²) in [4.78, 5) is 24.6. The molecule has 0 aliphatic heterocycles. The number of nitrogens with one attached hydrogen (secondary N) is 2. The van der Waals surface area contributed by atoms with Crippen molar-refractivity contribution < 1.29 is 14.3 Å². The molecule has 2 amide bonds. The molecule has 3 aromatic rings. The first-order valence-electron chi connectivity index (χ1n) is 9.23. The minimum atomic E-state index is -0.364. The number of anilines is 1. The number of ether oxygens (including phenoxy) is 1. The van der Waals surface area contributed by atoms with Gasteiger partial charge in [0.1, 0.15) is 12.4 Å². The number of rotatable bonds is 6. The van der Waals surface area contributed by atoms with Crippen LogP contribution in [0.2, 0.25) is 0 Å². The molecule has 0 unspecified atom stereocenters. The van der Waals surface area contributed by atoms with Gasteiger partial charge in [0.05, 0.1) is 5.69 Å². The Bertz CT molecular complexity index is 1060. The molecule has 0 aliphatic rings. The number of nitrogens with zero attached hydrogens (tertiary/aromatic N) is 2. The van der Waals surface area contributed by atoms with Crippen LogP contribution >= 0.6 is 0 Å². The third-order valence-corrected chi connectivity index (χ3v) is 4.43. The molecule has 0 saturated carbocycles. The zero-order chi connectivity index (χ0) is 21.0. The summed E-state index contributed by atoms with van der Waals surface area (Å²) in [6.45, 7) is 4.39. The Morgan fingerprint density at radius 1 is 1.10 bits per heavy atom. The molecule has 7 heteroatoms. The van der Waals surface area contributed by atoms with E-state index in [1.807, 2.05) is 32.0 Å². The zero-order valence-corrected chi connectivity index (χ0v) is 16.9. The number of benzene rings is 2. The lowest BCUT2D eigenvalue weighted by atomic mass is 10.1. The molecule has 1 aromatic heterocycles. The van der Waals surface area contributed by atoms with Crippen LogP contribution in [0.5, 0.6) is 5.75 Å². The SMILES string of the molecule is CNC(=O)c1nn(C)cc1NC(=O)c1cccc(COc2ccc(C)cc2C)c1. The molecule has 3 rings (SSSR count). The van der Waals surface area contributed by atoms with Crippen molar-refractivity contribution in [1.29, 1.82) is 0 Å². The van der Waals surface area contributed by atoms with E-state index in [4.69, 9.17) is 4.74 Å². The summed E-state index contributed by atoms with van der Waals surface area (Å²) < 4.78 is 7.38. The van der Waals surface area contributed by atoms with Crippen molar-refractivity contribution in [3.8, 4) is 5.75 Å². The summed E-state index contributed by atoms with van der Waals surface area (Å²) >= 11 is 0. The van der Waals surface area contributed by atoms with Crippen molar-refractivity contribution in [2.24, 2.45) is 7.05 Å². The van der Waals surface area contributed by atoms with Gasteiger partial charge >= 0.3 is 0 Å². The fraction of sp³-hybridized carbons (Fsp3) is 0.227. The number of hydrogen-bond acceptors (Lipinski definition) is 4. The van der Waals surface area contributed by atoms with E-state index in [2.05, 4.69) is 21.8 Å². The molecular formula is C22H24N4O3. The van der Waals surface area contributed by atoms with E-state index in [0.29, 0.717) is 17.9 Å². The summed E-state index contributed by atoms with van der Waals surface area (Å²) in [5.74, 6) is 0.129. The molecule has 2 aromatic carbocycles. The summed E-state index contributed by atoms with van der Waals surface area (Å²) in [6, 6.07) is 13.2. The van der Waals surface area contributed by atoms with Gasteiger partial charge in [-0.15, -0.1) is 0 Å². The van der Waals surface area contributed by atoms with Crippen molar-refractivity contribution in [2.75, 3.05) is 12.4 Å². The van der Waals surface area contributed by atoms with Gasteiger partial charge in [0.25, 0.3) is 11.8 Å². The molecule has 0 spiro atoms. The Kier molecular flexibility index (Phi) is 5.97. The molecular weight excluding hydrogens is 368 g/mol. The standard InChI is InChI=1S/C22H24N4O3/c1-14-8-9-19(15(2)10-14)29-13-16-6-5-7-17(11-16)21(27)24-18-12-26(4)25-20(18)22(28)23-3/h5-12H,13H2,1-4H3,(H,23,28)(H,24,27). The fourth-order valence-electron chi connectivity index (χ4n) is 2.99. The summed E-state index contributed by atoms with van der Waals surface area (Å²) in [5, 5.41) is 9.36. The average molecular weight is 392 g/mol. The maximum Gasteiger partial charge on any atom is 0.273 e.